The van der Waals surface area contributed by atoms with Gasteiger partial charge in [-0.3, -0.25) is 9.59 Å². The molecule has 2 N–H and O–H groups in total. The largest absolute Gasteiger partial charge is 0.476 e. The summed E-state index contributed by atoms with van der Waals surface area (Å²) in [5, 5.41) is 15.0. The first-order valence-electron chi connectivity index (χ1n) is 5.31. The van der Waals surface area contributed by atoms with Crippen molar-refractivity contribution in [1.29, 1.82) is 0 Å². The minimum Gasteiger partial charge on any atom is -0.476 e. The number of rotatable bonds is 3. The van der Waals surface area contributed by atoms with E-state index in [-0.39, 0.29) is 12.2 Å². The molecule has 1 heterocycles. The van der Waals surface area contributed by atoms with Crippen LogP contribution < -0.4 is 10.9 Å². The summed E-state index contributed by atoms with van der Waals surface area (Å²) in [6, 6.07) is 2.17. The van der Waals surface area contributed by atoms with Gasteiger partial charge >= 0.3 is 5.97 Å². The standard InChI is InChI=1S/C11H15N3O4/c1-11(2,3)12-8(15)6-14-9(16)5-4-7(13-14)10(17)18/h4-5H,6H2,1-3H3,(H,12,15)(H,17,18). The van der Waals surface area contributed by atoms with Gasteiger partial charge < -0.3 is 10.4 Å². The van der Waals surface area contributed by atoms with Gasteiger partial charge in [-0.15, -0.1) is 0 Å². The van der Waals surface area contributed by atoms with Crippen molar-refractivity contribution in [2.75, 3.05) is 0 Å². The Morgan fingerprint density at radius 1 is 1.39 bits per heavy atom. The van der Waals surface area contributed by atoms with Crippen molar-refractivity contribution in [3.05, 3.63) is 28.2 Å². The summed E-state index contributed by atoms with van der Waals surface area (Å²) in [7, 11) is 0. The van der Waals surface area contributed by atoms with E-state index in [1.165, 1.54) is 0 Å². The van der Waals surface area contributed by atoms with Crippen LogP contribution in [-0.4, -0.2) is 32.3 Å². The van der Waals surface area contributed by atoms with Gasteiger partial charge in [-0.05, 0) is 26.8 Å². The minimum atomic E-state index is -1.25. The summed E-state index contributed by atoms with van der Waals surface area (Å²) in [6.07, 6.45) is 0. The fraction of sp³-hybridized carbons (Fsp3) is 0.455. The number of aromatic nitrogens is 2. The maximum atomic E-state index is 11.6. The summed E-state index contributed by atoms with van der Waals surface area (Å²) in [6.45, 7) is 5.09. The van der Waals surface area contributed by atoms with Crippen molar-refractivity contribution in [2.45, 2.75) is 32.9 Å². The van der Waals surface area contributed by atoms with Crippen LogP contribution in [0.4, 0.5) is 0 Å². The quantitative estimate of drug-likeness (QED) is 0.780. The maximum Gasteiger partial charge on any atom is 0.356 e. The second kappa shape index (κ2) is 4.99. The Kier molecular flexibility index (Phi) is 3.85. The van der Waals surface area contributed by atoms with Crippen LogP contribution in [0.2, 0.25) is 0 Å². The molecule has 0 radical (unpaired) electrons. The molecule has 0 aliphatic carbocycles. The van der Waals surface area contributed by atoms with Gasteiger partial charge in [-0.1, -0.05) is 0 Å². The molecule has 0 spiro atoms. The second-order valence-electron chi connectivity index (χ2n) is 4.82. The molecule has 18 heavy (non-hydrogen) atoms. The lowest BCUT2D eigenvalue weighted by atomic mass is 10.1. The highest BCUT2D eigenvalue weighted by Crippen LogP contribution is 1.98. The van der Waals surface area contributed by atoms with Crippen LogP contribution in [0, 0.1) is 0 Å². The van der Waals surface area contributed by atoms with E-state index >= 15 is 0 Å². The number of carbonyl (C=O) groups is 2. The van der Waals surface area contributed by atoms with Gasteiger partial charge in [0.05, 0.1) is 0 Å². The summed E-state index contributed by atoms with van der Waals surface area (Å²) >= 11 is 0. The Morgan fingerprint density at radius 3 is 2.50 bits per heavy atom. The molecule has 7 nitrogen and oxygen atoms in total. The van der Waals surface area contributed by atoms with Crippen LogP contribution in [0.3, 0.4) is 0 Å². The van der Waals surface area contributed by atoms with Gasteiger partial charge in [0.15, 0.2) is 5.69 Å². The third-order valence-corrected chi connectivity index (χ3v) is 1.89. The molecule has 0 bridgehead atoms. The van der Waals surface area contributed by atoms with Crippen molar-refractivity contribution < 1.29 is 14.7 Å². The van der Waals surface area contributed by atoms with E-state index in [1.54, 1.807) is 20.8 Å². The Labute approximate surface area is 103 Å². The predicted octanol–water partition coefficient (Wildman–Crippen LogP) is -0.144. The first kappa shape index (κ1) is 13.9. The van der Waals surface area contributed by atoms with E-state index in [0.717, 1.165) is 16.8 Å². The van der Waals surface area contributed by atoms with Crippen molar-refractivity contribution in [1.82, 2.24) is 15.1 Å². The van der Waals surface area contributed by atoms with Gasteiger partial charge in [0.1, 0.15) is 6.54 Å². The highest BCUT2D eigenvalue weighted by Gasteiger charge is 2.15. The number of carboxylic acids is 1. The average Bonchev–Trinajstić information content (AvgIpc) is 2.18. The van der Waals surface area contributed by atoms with E-state index in [1.807, 2.05) is 0 Å². The van der Waals surface area contributed by atoms with Gasteiger partial charge in [0.2, 0.25) is 5.91 Å². The molecule has 1 rings (SSSR count). The van der Waals surface area contributed by atoms with E-state index in [0.29, 0.717) is 0 Å². The van der Waals surface area contributed by atoms with Crippen LogP contribution in [0.15, 0.2) is 16.9 Å². The molecule has 1 aromatic rings. The molecule has 0 aliphatic heterocycles. The molecule has 1 aromatic heterocycles. The first-order chi connectivity index (χ1) is 8.19. The lowest BCUT2D eigenvalue weighted by Crippen LogP contribution is -2.44. The molecule has 0 aromatic carbocycles. The smallest absolute Gasteiger partial charge is 0.356 e. The topological polar surface area (TPSA) is 101 Å². The number of nitrogens with one attached hydrogen (secondary N) is 1. The number of carbonyl (C=O) groups excluding carboxylic acids is 1. The van der Waals surface area contributed by atoms with E-state index in [4.69, 9.17) is 5.11 Å². The highest BCUT2D eigenvalue weighted by atomic mass is 16.4. The van der Waals surface area contributed by atoms with Crippen molar-refractivity contribution >= 4 is 11.9 Å². The first-order valence-corrected chi connectivity index (χ1v) is 5.31. The van der Waals surface area contributed by atoms with Gasteiger partial charge in [-0.2, -0.15) is 5.10 Å². The molecule has 98 valence electrons. The molecule has 0 saturated heterocycles. The maximum absolute atomic E-state index is 11.6. The Bertz CT molecular complexity index is 528. The third kappa shape index (κ3) is 4.00. The van der Waals surface area contributed by atoms with Gasteiger partial charge in [0.25, 0.3) is 5.56 Å². The summed E-state index contributed by atoms with van der Waals surface area (Å²) in [5.74, 6) is -1.65. The zero-order chi connectivity index (χ0) is 13.9. The molecule has 0 unspecified atom stereocenters. The lowest BCUT2D eigenvalue weighted by molar-refractivity contribution is -0.123. The van der Waals surface area contributed by atoms with Crippen LogP contribution in [-0.2, 0) is 11.3 Å². The summed E-state index contributed by atoms with van der Waals surface area (Å²) < 4.78 is 0.824. The summed E-state index contributed by atoms with van der Waals surface area (Å²) in [4.78, 5) is 33.7. The zero-order valence-electron chi connectivity index (χ0n) is 10.4. The highest BCUT2D eigenvalue weighted by molar-refractivity contribution is 5.85. The third-order valence-electron chi connectivity index (χ3n) is 1.89. The number of amides is 1. The minimum absolute atomic E-state index is 0.279. The second-order valence-corrected chi connectivity index (χ2v) is 4.82. The SMILES string of the molecule is CC(C)(C)NC(=O)Cn1nc(C(=O)O)ccc1=O. The zero-order valence-corrected chi connectivity index (χ0v) is 10.4. The van der Waals surface area contributed by atoms with Gasteiger partial charge in [0, 0.05) is 11.6 Å². The van der Waals surface area contributed by atoms with Gasteiger partial charge in [-0.25, -0.2) is 9.48 Å². The molecular weight excluding hydrogens is 238 g/mol. The number of carboxylic acid groups (broad SMARTS) is 1. The molecule has 1 amide bonds. The molecule has 0 aliphatic rings. The Hall–Kier alpha value is -2.18. The molecule has 0 fully saturated rings. The fourth-order valence-electron chi connectivity index (χ4n) is 1.27. The normalized spacial score (nSPS) is 11.1. The van der Waals surface area contributed by atoms with E-state index in [9.17, 15) is 14.4 Å². The average molecular weight is 253 g/mol. The fourth-order valence-corrected chi connectivity index (χ4v) is 1.27. The number of nitrogens with zero attached hydrogens (tertiary/aromatic N) is 2. The van der Waals surface area contributed by atoms with E-state index < -0.39 is 23.0 Å². The predicted molar refractivity (Wildman–Crippen MR) is 63.4 cm³/mol. The van der Waals surface area contributed by atoms with Crippen LogP contribution in [0.5, 0.6) is 0 Å². The monoisotopic (exact) mass is 253 g/mol. The molecule has 0 saturated carbocycles. The van der Waals surface area contributed by atoms with Crippen LogP contribution in [0.1, 0.15) is 31.3 Å². The van der Waals surface area contributed by atoms with Crippen LogP contribution in [0.25, 0.3) is 0 Å². The summed E-state index contributed by atoms with van der Waals surface area (Å²) in [5.41, 5.74) is -1.23. The number of aromatic carboxylic acids is 1. The Morgan fingerprint density at radius 2 is 2.00 bits per heavy atom. The number of hydrogen-bond donors (Lipinski definition) is 2. The number of hydrogen-bond acceptors (Lipinski definition) is 4. The van der Waals surface area contributed by atoms with Crippen molar-refractivity contribution in [3.8, 4) is 0 Å². The van der Waals surface area contributed by atoms with Crippen LogP contribution >= 0.6 is 0 Å². The van der Waals surface area contributed by atoms with E-state index in [2.05, 4.69) is 10.4 Å². The van der Waals surface area contributed by atoms with Crippen molar-refractivity contribution in [2.24, 2.45) is 0 Å². The molecular formula is C11H15N3O4. The molecule has 7 heteroatoms. The lowest BCUT2D eigenvalue weighted by Gasteiger charge is -2.20. The Balaban J connectivity index is 2.91. The molecule has 0 atom stereocenters. The van der Waals surface area contributed by atoms with Crippen molar-refractivity contribution in [3.63, 3.8) is 0 Å².